The van der Waals surface area contributed by atoms with Gasteiger partial charge in [0.25, 0.3) is 0 Å². The summed E-state index contributed by atoms with van der Waals surface area (Å²) in [4.78, 5) is 0. The molecule has 0 radical (unpaired) electrons. The second kappa shape index (κ2) is 9.72. The Morgan fingerprint density at radius 1 is 0.962 bits per heavy atom. The van der Waals surface area contributed by atoms with Crippen LogP contribution in [0.25, 0.3) is 0 Å². The summed E-state index contributed by atoms with van der Waals surface area (Å²) in [5.41, 5.74) is -0.0576. The van der Waals surface area contributed by atoms with E-state index in [1.165, 1.54) is 0 Å². The van der Waals surface area contributed by atoms with Crippen LogP contribution in [0, 0.1) is 11.3 Å². The average molecular weight is 382 g/mol. The first-order valence-corrected chi connectivity index (χ1v) is 8.85. The number of aliphatic hydroxyl groups excluding tert-OH is 7. The lowest BCUT2D eigenvalue weighted by molar-refractivity contribution is -0.306. The Bertz CT molecular complexity index is 412. The number of hydrogen-bond donors (Lipinski definition) is 7. The molecule has 1 aliphatic heterocycles. The van der Waals surface area contributed by atoms with E-state index in [9.17, 15) is 30.6 Å². The predicted octanol–water partition coefficient (Wildman–Crippen LogP) is -2.04. The molecule has 1 aliphatic rings. The van der Waals surface area contributed by atoms with E-state index < -0.39 is 62.2 Å². The predicted molar refractivity (Wildman–Crippen MR) is 91.0 cm³/mol. The van der Waals surface area contributed by atoms with Crippen molar-refractivity contribution >= 4 is 0 Å². The van der Waals surface area contributed by atoms with Gasteiger partial charge in [0.1, 0.15) is 36.6 Å². The van der Waals surface area contributed by atoms with Crippen LogP contribution >= 0.6 is 0 Å². The maximum Gasteiger partial charge on any atom is 0.186 e. The summed E-state index contributed by atoms with van der Waals surface area (Å²) < 4.78 is 10.3. The Kier molecular flexibility index (Phi) is 8.85. The van der Waals surface area contributed by atoms with E-state index in [2.05, 4.69) is 0 Å². The molecule has 0 unspecified atom stereocenters. The second-order valence-corrected chi connectivity index (χ2v) is 8.32. The van der Waals surface area contributed by atoms with Crippen LogP contribution in [0.15, 0.2) is 0 Å². The Balaban J connectivity index is 2.57. The molecule has 1 saturated heterocycles. The number of ether oxygens (including phenoxy) is 2. The Morgan fingerprint density at radius 2 is 1.54 bits per heavy atom. The minimum absolute atomic E-state index is 0.0576. The third-order valence-electron chi connectivity index (χ3n) is 4.54. The minimum Gasteiger partial charge on any atom is -0.394 e. The molecule has 0 saturated carbocycles. The maximum atomic E-state index is 10.2. The van der Waals surface area contributed by atoms with Crippen LogP contribution in [0.2, 0.25) is 0 Å². The van der Waals surface area contributed by atoms with E-state index in [4.69, 9.17) is 14.6 Å². The first-order chi connectivity index (χ1) is 11.9. The lowest BCUT2D eigenvalue weighted by Crippen LogP contribution is -2.59. The van der Waals surface area contributed by atoms with E-state index in [0.29, 0.717) is 6.42 Å². The van der Waals surface area contributed by atoms with Gasteiger partial charge < -0.3 is 45.2 Å². The van der Waals surface area contributed by atoms with Crippen molar-refractivity contribution in [3.63, 3.8) is 0 Å². The molecule has 0 aromatic carbocycles. The highest BCUT2D eigenvalue weighted by Crippen LogP contribution is 2.28. The van der Waals surface area contributed by atoms with Gasteiger partial charge in [-0.25, -0.2) is 0 Å². The van der Waals surface area contributed by atoms with Gasteiger partial charge in [-0.15, -0.1) is 0 Å². The molecule has 9 heteroatoms. The molecule has 0 aromatic rings. The van der Waals surface area contributed by atoms with Gasteiger partial charge in [-0.1, -0.05) is 27.7 Å². The van der Waals surface area contributed by atoms with Gasteiger partial charge in [0, 0.05) is 0 Å². The fourth-order valence-corrected chi connectivity index (χ4v) is 3.15. The van der Waals surface area contributed by atoms with Gasteiger partial charge in [-0.3, -0.25) is 0 Å². The summed E-state index contributed by atoms with van der Waals surface area (Å²) in [6.07, 6.45) is -10.7. The zero-order chi connectivity index (χ0) is 20.2. The highest BCUT2D eigenvalue weighted by molar-refractivity contribution is 4.89. The van der Waals surface area contributed by atoms with E-state index in [1.807, 2.05) is 20.8 Å². The van der Waals surface area contributed by atoms with E-state index in [-0.39, 0.29) is 11.3 Å². The number of hydrogen-bond acceptors (Lipinski definition) is 9. The molecule has 26 heavy (non-hydrogen) atoms. The van der Waals surface area contributed by atoms with Crippen molar-refractivity contribution in [1.82, 2.24) is 0 Å². The van der Waals surface area contributed by atoms with Crippen molar-refractivity contribution < 1.29 is 45.2 Å². The van der Waals surface area contributed by atoms with Crippen molar-refractivity contribution in [2.75, 3.05) is 13.2 Å². The van der Waals surface area contributed by atoms with E-state index >= 15 is 0 Å². The Morgan fingerprint density at radius 3 is 2.04 bits per heavy atom. The van der Waals surface area contributed by atoms with Crippen LogP contribution in [0.5, 0.6) is 0 Å². The third-order valence-corrected chi connectivity index (χ3v) is 4.54. The SMILES string of the molecule is C[C@@H](CC(C)(C)C)[C@@H](O)[C@@H](O)[C@H](O)CO[C@@H]1O[C@H](CO)[C@@H](O)[C@H](O)[C@H]1O. The molecular weight excluding hydrogens is 348 g/mol. The van der Waals surface area contributed by atoms with Crippen LogP contribution in [0.4, 0.5) is 0 Å². The molecule has 0 bridgehead atoms. The summed E-state index contributed by atoms with van der Waals surface area (Å²) in [5.74, 6) is -0.271. The third kappa shape index (κ3) is 6.36. The molecule has 1 rings (SSSR count). The summed E-state index contributed by atoms with van der Waals surface area (Å²) in [6.45, 7) is 6.69. The number of rotatable bonds is 8. The highest BCUT2D eigenvalue weighted by atomic mass is 16.7. The smallest absolute Gasteiger partial charge is 0.186 e. The molecule has 1 fully saturated rings. The fraction of sp³-hybridized carbons (Fsp3) is 1.00. The highest BCUT2D eigenvalue weighted by Gasteiger charge is 2.44. The van der Waals surface area contributed by atoms with Crippen LogP contribution < -0.4 is 0 Å². The second-order valence-electron chi connectivity index (χ2n) is 8.32. The van der Waals surface area contributed by atoms with Crippen molar-refractivity contribution in [1.29, 1.82) is 0 Å². The molecule has 7 N–H and O–H groups in total. The normalized spacial score (nSPS) is 35.0. The molecule has 9 atom stereocenters. The molecule has 9 nitrogen and oxygen atoms in total. The first-order valence-electron chi connectivity index (χ1n) is 8.85. The summed E-state index contributed by atoms with van der Waals surface area (Å²) in [6, 6.07) is 0. The Hall–Kier alpha value is -0.360. The Labute approximate surface area is 153 Å². The first kappa shape index (κ1) is 23.7. The van der Waals surface area contributed by atoms with Crippen LogP contribution in [0.1, 0.15) is 34.1 Å². The van der Waals surface area contributed by atoms with Crippen LogP contribution in [-0.2, 0) is 9.47 Å². The largest absolute Gasteiger partial charge is 0.394 e. The number of aliphatic hydroxyl groups is 7. The topological polar surface area (TPSA) is 160 Å². The molecule has 0 spiro atoms. The van der Waals surface area contributed by atoms with Gasteiger partial charge >= 0.3 is 0 Å². The van der Waals surface area contributed by atoms with Crippen molar-refractivity contribution in [3.05, 3.63) is 0 Å². The van der Waals surface area contributed by atoms with Gasteiger partial charge in [0.2, 0.25) is 0 Å². The zero-order valence-corrected chi connectivity index (χ0v) is 15.8. The molecule has 0 aliphatic carbocycles. The van der Waals surface area contributed by atoms with Crippen molar-refractivity contribution in [2.24, 2.45) is 11.3 Å². The monoisotopic (exact) mass is 382 g/mol. The summed E-state index contributed by atoms with van der Waals surface area (Å²) >= 11 is 0. The van der Waals surface area contributed by atoms with E-state index in [0.717, 1.165) is 0 Å². The lowest BCUT2D eigenvalue weighted by Gasteiger charge is -2.40. The van der Waals surface area contributed by atoms with Gasteiger partial charge in [0.05, 0.1) is 19.3 Å². The van der Waals surface area contributed by atoms with Crippen LogP contribution in [0.3, 0.4) is 0 Å². The molecular formula is C17H34O9. The van der Waals surface area contributed by atoms with Crippen LogP contribution in [-0.4, -0.2) is 98.0 Å². The minimum atomic E-state index is -1.60. The molecule has 0 amide bonds. The zero-order valence-electron chi connectivity index (χ0n) is 15.8. The van der Waals surface area contributed by atoms with Crippen molar-refractivity contribution in [3.8, 4) is 0 Å². The summed E-state index contributed by atoms with van der Waals surface area (Å²) in [7, 11) is 0. The maximum absolute atomic E-state index is 10.2. The van der Waals surface area contributed by atoms with E-state index in [1.54, 1.807) is 6.92 Å². The van der Waals surface area contributed by atoms with Gasteiger partial charge in [-0.2, -0.15) is 0 Å². The summed E-state index contributed by atoms with van der Waals surface area (Å²) in [5, 5.41) is 68.8. The average Bonchev–Trinajstić information content (AvgIpc) is 2.56. The molecule has 0 aromatic heterocycles. The van der Waals surface area contributed by atoms with Gasteiger partial charge in [0.15, 0.2) is 6.29 Å². The lowest BCUT2D eigenvalue weighted by atomic mass is 9.81. The standard InChI is InChI=1S/C17H34O9/c1-8(5-17(2,3)4)11(20)12(21)9(19)7-25-16-15(24)14(23)13(22)10(6-18)26-16/h8-16,18-24H,5-7H2,1-4H3/t8-,9+,10+,11+,12-,13+,14-,15+,16+/m0/s1. The fourth-order valence-electron chi connectivity index (χ4n) is 3.15. The molecule has 156 valence electrons. The van der Waals surface area contributed by atoms with Crippen molar-refractivity contribution in [2.45, 2.75) is 83.1 Å². The quantitative estimate of drug-likeness (QED) is 0.251. The van der Waals surface area contributed by atoms with Gasteiger partial charge in [-0.05, 0) is 17.8 Å². The molecule has 1 heterocycles.